The molecular weight excluding hydrogens is 200 g/mol. The molecule has 1 aliphatic rings. The molecule has 1 aliphatic carbocycles. The predicted octanol–water partition coefficient (Wildman–Crippen LogP) is 2.27. The van der Waals surface area contributed by atoms with E-state index in [0.29, 0.717) is 5.92 Å². The average molecular weight is 222 g/mol. The molecule has 0 spiro atoms. The minimum atomic E-state index is 0.127. The molecule has 0 aromatic carbocycles. The van der Waals surface area contributed by atoms with Crippen molar-refractivity contribution in [3.8, 4) is 0 Å². The molecule has 2 N–H and O–H groups in total. The summed E-state index contributed by atoms with van der Waals surface area (Å²) in [5.74, 6) is 0.628. The number of aromatic nitrogens is 3. The molecule has 90 valence electrons. The van der Waals surface area contributed by atoms with Crippen LogP contribution >= 0.6 is 0 Å². The first-order valence-electron chi connectivity index (χ1n) is 6.47. The van der Waals surface area contributed by atoms with Gasteiger partial charge in [-0.15, -0.1) is 5.10 Å². The van der Waals surface area contributed by atoms with Gasteiger partial charge in [0.2, 0.25) is 0 Å². The minimum absolute atomic E-state index is 0.127. The lowest BCUT2D eigenvalue weighted by molar-refractivity contribution is 0.297. The van der Waals surface area contributed by atoms with Gasteiger partial charge in [-0.05, 0) is 25.2 Å². The summed E-state index contributed by atoms with van der Waals surface area (Å²) in [7, 11) is 0. The van der Waals surface area contributed by atoms with Crippen molar-refractivity contribution in [1.29, 1.82) is 0 Å². The highest BCUT2D eigenvalue weighted by Gasteiger charge is 2.24. The lowest BCUT2D eigenvalue weighted by Crippen LogP contribution is -2.26. The van der Waals surface area contributed by atoms with Crippen LogP contribution in [0.15, 0.2) is 6.20 Å². The van der Waals surface area contributed by atoms with Crippen LogP contribution in [0, 0.1) is 5.92 Å². The van der Waals surface area contributed by atoms with Gasteiger partial charge in [-0.1, -0.05) is 31.4 Å². The van der Waals surface area contributed by atoms with E-state index < -0.39 is 0 Å². The maximum Gasteiger partial charge on any atom is 0.0757 e. The highest BCUT2D eigenvalue weighted by molar-refractivity contribution is 5.03. The second-order valence-electron chi connectivity index (χ2n) is 4.81. The third-order valence-electron chi connectivity index (χ3n) is 3.58. The van der Waals surface area contributed by atoms with Crippen molar-refractivity contribution in [3.63, 3.8) is 0 Å². The summed E-state index contributed by atoms with van der Waals surface area (Å²) in [5.41, 5.74) is 7.46. The Morgan fingerprint density at radius 3 is 2.88 bits per heavy atom. The van der Waals surface area contributed by atoms with Crippen LogP contribution in [0.5, 0.6) is 0 Å². The van der Waals surface area contributed by atoms with Crippen LogP contribution in [-0.4, -0.2) is 15.0 Å². The number of nitrogens with zero attached hydrogens (tertiary/aromatic N) is 3. The van der Waals surface area contributed by atoms with Gasteiger partial charge in [0.25, 0.3) is 0 Å². The second-order valence-corrected chi connectivity index (χ2v) is 4.81. The first kappa shape index (κ1) is 11.6. The molecule has 1 heterocycles. The fourth-order valence-corrected chi connectivity index (χ4v) is 2.64. The summed E-state index contributed by atoms with van der Waals surface area (Å²) in [5, 5.41) is 8.10. The largest absolute Gasteiger partial charge is 0.322 e. The fraction of sp³-hybridized carbons (Fsp3) is 0.833. The molecule has 1 fully saturated rings. The van der Waals surface area contributed by atoms with Crippen LogP contribution in [0.1, 0.15) is 57.2 Å². The summed E-state index contributed by atoms with van der Waals surface area (Å²) >= 11 is 0. The fourth-order valence-electron chi connectivity index (χ4n) is 2.64. The molecule has 4 heteroatoms. The molecule has 1 unspecified atom stereocenters. The number of aryl methyl sites for hydroxylation is 1. The van der Waals surface area contributed by atoms with Crippen molar-refractivity contribution in [2.24, 2.45) is 11.7 Å². The standard InChI is InChI=1S/C12H22N4/c1-2-8-16-11(9-14-15-16)12(13)10-6-4-3-5-7-10/h9-10,12H,2-8,13H2,1H3. The third-order valence-corrected chi connectivity index (χ3v) is 3.58. The highest BCUT2D eigenvalue weighted by Crippen LogP contribution is 2.32. The molecule has 0 radical (unpaired) electrons. The Morgan fingerprint density at radius 1 is 1.44 bits per heavy atom. The number of rotatable bonds is 4. The monoisotopic (exact) mass is 222 g/mol. The molecule has 1 saturated carbocycles. The Labute approximate surface area is 97.2 Å². The smallest absolute Gasteiger partial charge is 0.0757 e. The Bertz CT molecular complexity index is 315. The lowest BCUT2D eigenvalue weighted by atomic mass is 9.83. The molecule has 16 heavy (non-hydrogen) atoms. The van der Waals surface area contributed by atoms with Gasteiger partial charge in [-0.25, -0.2) is 4.68 Å². The quantitative estimate of drug-likeness (QED) is 0.850. The van der Waals surface area contributed by atoms with Gasteiger partial charge in [0.1, 0.15) is 0 Å². The summed E-state index contributed by atoms with van der Waals surface area (Å²) in [6.45, 7) is 3.08. The second kappa shape index (κ2) is 5.43. The van der Waals surface area contributed by atoms with E-state index in [0.717, 1.165) is 18.7 Å². The molecule has 0 aliphatic heterocycles. The maximum atomic E-state index is 6.34. The van der Waals surface area contributed by atoms with E-state index in [-0.39, 0.29) is 6.04 Å². The van der Waals surface area contributed by atoms with E-state index in [1.165, 1.54) is 32.1 Å². The van der Waals surface area contributed by atoms with Crippen LogP contribution in [0.3, 0.4) is 0 Å². The molecule has 1 atom stereocenters. The van der Waals surface area contributed by atoms with E-state index in [2.05, 4.69) is 17.2 Å². The zero-order chi connectivity index (χ0) is 11.4. The molecule has 1 aromatic heterocycles. The number of nitrogens with two attached hydrogens (primary N) is 1. The molecule has 0 saturated heterocycles. The predicted molar refractivity (Wildman–Crippen MR) is 63.8 cm³/mol. The third kappa shape index (κ3) is 2.43. The van der Waals surface area contributed by atoms with Gasteiger partial charge < -0.3 is 5.73 Å². The molecule has 1 aromatic rings. The Kier molecular flexibility index (Phi) is 3.93. The highest BCUT2D eigenvalue weighted by atomic mass is 15.4. The summed E-state index contributed by atoms with van der Waals surface area (Å²) in [6, 6.07) is 0.127. The van der Waals surface area contributed by atoms with Crippen molar-refractivity contribution in [3.05, 3.63) is 11.9 Å². The maximum absolute atomic E-state index is 6.34. The molecule has 0 amide bonds. The van der Waals surface area contributed by atoms with Crippen molar-refractivity contribution in [2.45, 2.75) is 58.0 Å². The Morgan fingerprint density at radius 2 is 2.19 bits per heavy atom. The van der Waals surface area contributed by atoms with E-state index in [4.69, 9.17) is 5.73 Å². The van der Waals surface area contributed by atoms with Crippen LogP contribution in [0.2, 0.25) is 0 Å². The van der Waals surface area contributed by atoms with Gasteiger partial charge >= 0.3 is 0 Å². The lowest BCUT2D eigenvalue weighted by Gasteiger charge is -2.27. The minimum Gasteiger partial charge on any atom is -0.322 e. The molecule has 4 nitrogen and oxygen atoms in total. The van der Waals surface area contributed by atoms with Gasteiger partial charge in [-0.3, -0.25) is 0 Å². The zero-order valence-electron chi connectivity index (χ0n) is 10.1. The number of hydrogen-bond donors (Lipinski definition) is 1. The van der Waals surface area contributed by atoms with Crippen molar-refractivity contribution < 1.29 is 0 Å². The van der Waals surface area contributed by atoms with Crippen LogP contribution in [-0.2, 0) is 6.54 Å². The van der Waals surface area contributed by atoms with E-state index in [9.17, 15) is 0 Å². The first-order chi connectivity index (χ1) is 7.83. The Hall–Kier alpha value is -0.900. The first-order valence-corrected chi connectivity index (χ1v) is 6.47. The van der Waals surface area contributed by atoms with Gasteiger partial charge in [-0.2, -0.15) is 0 Å². The van der Waals surface area contributed by atoms with Crippen LogP contribution in [0.25, 0.3) is 0 Å². The van der Waals surface area contributed by atoms with E-state index in [1.54, 1.807) is 0 Å². The average Bonchev–Trinajstić information content (AvgIpc) is 2.78. The molecular formula is C12H22N4. The zero-order valence-corrected chi connectivity index (χ0v) is 10.1. The van der Waals surface area contributed by atoms with E-state index in [1.807, 2.05) is 10.9 Å². The molecule has 0 bridgehead atoms. The van der Waals surface area contributed by atoms with Crippen LogP contribution in [0.4, 0.5) is 0 Å². The van der Waals surface area contributed by atoms with Gasteiger partial charge in [0.15, 0.2) is 0 Å². The van der Waals surface area contributed by atoms with Crippen molar-refractivity contribution >= 4 is 0 Å². The molecule has 2 rings (SSSR count). The van der Waals surface area contributed by atoms with Crippen molar-refractivity contribution in [1.82, 2.24) is 15.0 Å². The van der Waals surface area contributed by atoms with Crippen molar-refractivity contribution in [2.75, 3.05) is 0 Å². The normalized spacial score (nSPS) is 19.9. The number of hydrogen-bond acceptors (Lipinski definition) is 3. The van der Waals surface area contributed by atoms with Gasteiger partial charge in [0.05, 0.1) is 17.9 Å². The topological polar surface area (TPSA) is 56.7 Å². The van der Waals surface area contributed by atoms with E-state index >= 15 is 0 Å². The Balaban J connectivity index is 2.06. The summed E-state index contributed by atoms with van der Waals surface area (Å²) in [4.78, 5) is 0. The van der Waals surface area contributed by atoms with Crippen LogP contribution < -0.4 is 5.73 Å². The summed E-state index contributed by atoms with van der Waals surface area (Å²) < 4.78 is 1.97. The summed E-state index contributed by atoms with van der Waals surface area (Å²) in [6.07, 6.45) is 9.47. The SMILES string of the molecule is CCCn1nncc1C(N)C1CCCCC1. The van der Waals surface area contributed by atoms with Gasteiger partial charge in [0, 0.05) is 6.54 Å².